The third-order valence-electron chi connectivity index (χ3n) is 3.65. The molecule has 1 fully saturated rings. The van der Waals surface area contributed by atoms with Gasteiger partial charge in [0.25, 0.3) is 0 Å². The molecule has 0 bridgehead atoms. The zero-order valence-corrected chi connectivity index (χ0v) is 12.1. The van der Waals surface area contributed by atoms with Gasteiger partial charge in [0.15, 0.2) is 0 Å². The molecule has 0 spiro atoms. The Bertz CT molecular complexity index is 222. The second-order valence-electron chi connectivity index (χ2n) is 5.25. The minimum absolute atomic E-state index is 0.0390. The fourth-order valence-corrected chi connectivity index (χ4v) is 3.00. The Kier molecular flexibility index (Phi) is 5.81. The summed E-state index contributed by atoms with van der Waals surface area (Å²) in [7, 11) is 0. The molecule has 0 aromatic carbocycles. The Morgan fingerprint density at radius 1 is 1.44 bits per heavy atom. The van der Waals surface area contributed by atoms with E-state index in [9.17, 15) is 4.79 Å². The first-order chi connectivity index (χ1) is 7.62. The Morgan fingerprint density at radius 3 is 2.56 bits per heavy atom. The highest BCUT2D eigenvalue weighted by Gasteiger charge is 2.34. The molecular weight excluding hydrogens is 266 g/mol. The SMILES string of the molecule is CCCCC(=O)NC1(CBr)CCC(C)CC1. The zero-order chi connectivity index (χ0) is 12.0. The summed E-state index contributed by atoms with van der Waals surface area (Å²) < 4.78 is 0. The van der Waals surface area contributed by atoms with Crippen molar-refractivity contribution in [1.82, 2.24) is 5.32 Å². The molecule has 0 radical (unpaired) electrons. The number of hydrogen-bond acceptors (Lipinski definition) is 1. The lowest BCUT2D eigenvalue weighted by molar-refractivity contribution is -0.123. The van der Waals surface area contributed by atoms with E-state index in [0.29, 0.717) is 6.42 Å². The average molecular weight is 290 g/mol. The number of rotatable bonds is 5. The third-order valence-corrected chi connectivity index (χ3v) is 4.72. The van der Waals surface area contributed by atoms with Crippen molar-refractivity contribution >= 4 is 21.8 Å². The van der Waals surface area contributed by atoms with Crippen molar-refractivity contribution in [3.05, 3.63) is 0 Å². The second-order valence-corrected chi connectivity index (χ2v) is 5.81. The van der Waals surface area contributed by atoms with Crippen molar-refractivity contribution in [3.8, 4) is 0 Å². The minimum Gasteiger partial charge on any atom is -0.350 e. The number of unbranched alkanes of at least 4 members (excludes halogenated alkanes) is 1. The van der Waals surface area contributed by atoms with Gasteiger partial charge in [-0.05, 0) is 38.0 Å². The van der Waals surface area contributed by atoms with Gasteiger partial charge in [0.05, 0.1) is 0 Å². The zero-order valence-electron chi connectivity index (χ0n) is 10.5. The number of hydrogen-bond donors (Lipinski definition) is 1. The summed E-state index contributed by atoms with van der Waals surface area (Å²) in [5.41, 5.74) is 0.0390. The summed E-state index contributed by atoms with van der Waals surface area (Å²) in [6.45, 7) is 4.42. The van der Waals surface area contributed by atoms with E-state index in [0.717, 1.165) is 36.9 Å². The van der Waals surface area contributed by atoms with E-state index in [2.05, 4.69) is 35.1 Å². The van der Waals surface area contributed by atoms with Crippen LogP contribution in [0.4, 0.5) is 0 Å². The molecule has 1 rings (SSSR count). The van der Waals surface area contributed by atoms with Gasteiger partial charge < -0.3 is 5.32 Å². The highest BCUT2D eigenvalue weighted by Crippen LogP contribution is 2.33. The van der Waals surface area contributed by atoms with Crippen LogP contribution in [0.2, 0.25) is 0 Å². The largest absolute Gasteiger partial charge is 0.350 e. The molecule has 16 heavy (non-hydrogen) atoms. The van der Waals surface area contributed by atoms with Crippen LogP contribution in [0.1, 0.15) is 58.8 Å². The van der Waals surface area contributed by atoms with Crippen LogP contribution in [0.3, 0.4) is 0 Å². The number of nitrogens with one attached hydrogen (secondary N) is 1. The lowest BCUT2D eigenvalue weighted by atomic mass is 9.78. The summed E-state index contributed by atoms with van der Waals surface area (Å²) in [5.74, 6) is 1.05. The van der Waals surface area contributed by atoms with E-state index >= 15 is 0 Å². The number of alkyl halides is 1. The maximum absolute atomic E-state index is 11.8. The topological polar surface area (TPSA) is 29.1 Å². The molecule has 1 aliphatic carbocycles. The Balaban J connectivity index is 2.44. The van der Waals surface area contributed by atoms with Crippen molar-refractivity contribution < 1.29 is 4.79 Å². The Morgan fingerprint density at radius 2 is 2.06 bits per heavy atom. The molecule has 94 valence electrons. The van der Waals surface area contributed by atoms with Gasteiger partial charge in [-0.15, -0.1) is 0 Å². The van der Waals surface area contributed by atoms with Crippen molar-refractivity contribution in [2.75, 3.05) is 5.33 Å². The predicted molar refractivity (Wildman–Crippen MR) is 71.8 cm³/mol. The number of carbonyl (C=O) groups is 1. The number of amides is 1. The van der Waals surface area contributed by atoms with Gasteiger partial charge in [-0.1, -0.05) is 36.2 Å². The van der Waals surface area contributed by atoms with Crippen LogP contribution < -0.4 is 5.32 Å². The summed E-state index contributed by atoms with van der Waals surface area (Å²) in [4.78, 5) is 11.8. The monoisotopic (exact) mass is 289 g/mol. The van der Waals surface area contributed by atoms with E-state index in [-0.39, 0.29) is 11.4 Å². The Labute approximate surface area is 108 Å². The summed E-state index contributed by atoms with van der Waals surface area (Å²) in [6.07, 6.45) is 7.49. The first-order valence-electron chi connectivity index (χ1n) is 6.49. The van der Waals surface area contributed by atoms with Gasteiger partial charge in [-0.25, -0.2) is 0 Å². The molecule has 2 nitrogen and oxygen atoms in total. The quantitative estimate of drug-likeness (QED) is 0.770. The lowest BCUT2D eigenvalue weighted by Gasteiger charge is -2.39. The standard InChI is InChI=1S/C13H24BrNO/c1-3-4-5-12(16)15-13(10-14)8-6-11(2)7-9-13/h11H,3-10H2,1-2H3,(H,15,16). The normalized spacial score (nSPS) is 30.1. The highest BCUT2D eigenvalue weighted by molar-refractivity contribution is 9.09. The van der Waals surface area contributed by atoms with Crippen LogP contribution in [0.15, 0.2) is 0 Å². The lowest BCUT2D eigenvalue weighted by Crippen LogP contribution is -2.51. The highest BCUT2D eigenvalue weighted by atomic mass is 79.9. The molecule has 1 aliphatic rings. The first kappa shape index (κ1) is 14.0. The molecule has 0 atom stereocenters. The molecule has 0 saturated heterocycles. The molecule has 3 heteroatoms. The average Bonchev–Trinajstić information content (AvgIpc) is 2.30. The van der Waals surface area contributed by atoms with E-state index in [1.54, 1.807) is 0 Å². The molecule has 0 heterocycles. The van der Waals surface area contributed by atoms with E-state index in [4.69, 9.17) is 0 Å². The third kappa shape index (κ3) is 4.08. The Hall–Kier alpha value is -0.0500. The van der Waals surface area contributed by atoms with Crippen LogP contribution in [-0.2, 0) is 4.79 Å². The molecule has 1 amide bonds. The van der Waals surface area contributed by atoms with Gasteiger partial charge in [0.2, 0.25) is 5.91 Å². The van der Waals surface area contributed by atoms with Crippen molar-refractivity contribution in [2.45, 2.75) is 64.3 Å². The van der Waals surface area contributed by atoms with Crippen molar-refractivity contribution in [3.63, 3.8) is 0 Å². The van der Waals surface area contributed by atoms with Gasteiger partial charge in [-0.2, -0.15) is 0 Å². The number of carbonyl (C=O) groups excluding carboxylic acids is 1. The van der Waals surface area contributed by atoms with Crippen LogP contribution in [0.25, 0.3) is 0 Å². The summed E-state index contributed by atoms with van der Waals surface area (Å²) in [6, 6.07) is 0. The fourth-order valence-electron chi connectivity index (χ4n) is 2.30. The predicted octanol–water partition coefficient (Wildman–Crippen LogP) is 3.64. The summed E-state index contributed by atoms with van der Waals surface area (Å²) in [5, 5.41) is 4.15. The van der Waals surface area contributed by atoms with Crippen LogP contribution >= 0.6 is 15.9 Å². The van der Waals surface area contributed by atoms with Gasteiger partial charge in [0, 0.05) is 17.3 Å². The van der Waals surface area contributed by atoms with Crippen LogP contribution in [0, 0.1) is 5.92 Å². The summed E-state index contributed by atoms with van der Waals surface area (Å²) >= 11 is 3.57. The first-order valence-corrected chi connectivity index (χ1v) is 7.61. The van der Waals surface area contributed by atoms with E-state index in [1.165, 1.54) is 12.8 Å². The van der Waals surface area contributed by atoms with Crippen molar-refractivity contribution in [1.29, 1.82) is 0 Å². The van der Waals surface area contributed by atoms with Gasteiger partial charge in [0.1, 0.15) is 0 Å². The van der Waals surface area contributed by atoms with Gasteiger partial charge in [-0.3, -0.25) is 4.79 Å². The fraction of sp³-hybridized carbons (Fsp3) is 0.923. The maximum atomic E-state index is 11.8. The maximum Gasteiger partial charge on any atom is 0.220 e. The van der Waals surface area contributed by atoms with Crippen molar-refractivity contribution in [2.24, 2.45) is 5.92 Å². The van der Waals surface area contributed by atoms with Crippen LogP contribution in [-0.4, -0.2) is 16.8 Å². The van der Waals surface area contributed by atoms with Crippen LogP contribution in [0.5, 0.6) is 0 Å². The molecule has 0 aromatic heterocycles. The molecule has 0 aliphatic heterocycles. The molecule has 1 saturated carbocycles. The van der Waals surface area contributed by atoms with Gasteiger partial charge >= 0.3 is 0 Å². The molecule has 0 unspecified atom stereocenters. The van der Waals surface area contributed by atoms with E-state index in [1.807, 2.05) is 0 Å². The second kappa shape index (κ2) is 6.63. The smallest absolute Gasteiger partial charge is 0.220 e. The number of halogens is 1. The molecular formula is C13H24BrNO. The molecule has 0 aromatic rings. The van der Waals surface area contributed by atoms with E-state index < -0.39 is 0 Å². The molecule has 1 N–H and O–H groups in total. The minimum atomic E-state index is 0.0390.